The first-order valence-corrected chi connectivity index (χ1v) is 7.00. The van der Waals surface area contributed by atoms with Crippen LogP contribution in [0.3, 0.4) is 0 Å². The highest BCUT2D eigenvalue weighted by molar-refractivity contribution is 6.30. The fourth-order valence-electron chi connectivity index (χ4n) is 2.43. The molecule has 1 rings (SSSR count). The molecule has 1 amide bonds. The molecule has 100 valence electrons. The van der Waals surface area contributed by atoms with Crippen molar-refractivity contribution in [3.63, 3.8) is 0 Å². The van der Waals surface area contributed by atoms with E-state index < -0.39 is 5.38 Å². The van der Waals surface area contributed by atoms with Gasteiger partial charge in [-0.1, -0.05) is 20.8 Å². The lowest BCUT2D eigenvalue weighted by Crippen LogP contribution is -2.48. The van der Waals surface area contributed by atoms with E-state index in [9.17, 15) is 9.90 Å². The molecular weight excluding hydrogens is 238 g/mol. The van der Waals surface area contributed by atoms with Crippen molar-refractivity contribution in [1.29, 1.82) is 0 Å². The molecule has 1 saturated heterocycles. The Balaban J connectivity index is 2.57. The van der Waals surface area contributed by atoms with Crippen LogP contribution in [0.25, 0.3) is 0 Å². The van der Waals surface area contributed by atoms with Crippen molar-refractivity contribution >= 4 is 17.5 Å². The maximum atomic E-state index is 12.0. The van der Waals surface area contributed by atoms with Gasteiger partial charge in [-0.2, -0.15) is 0 Å². The number of aliphatic hydroxyl groups is 1. The second-order valence-electron chi connectivity index (χ2n) is 5.41. The zero-order valence-electron chi connectivity index (χ0n) is 11.0. The molecule has 0 bridgehead atoms. The van der Waals surface area contributed by atoms with Gasteiger partial charge in [-0.25, -0.2) is 0 Å². The number of carbonyl (C=O) groups excluding carboxylic acids is 1. The van der Waals surface area contributed by atoms with Crippen molar-refractivity contribution in [3.05, 3.63) is 0 Å². The minimum Gasteiger partial charge on any atom is -0.393 e. The Hall–Kier alpha value is -0.280. The summed E-state index contributed by atoms with van der Waals surface area (Å²) in [5.74, 6) is 0.769. The van der Waals surface area contributed by atoms with Gasteiger partial charge in [-0.3, -0.25) is 4.79 Å². The third kappa shape index (κ3) is 4.14. The van der Waals surface area contributed by atoms with Gasteiger partial charge in [0.15, 0.2) is 0 Å². The summed E-state index contributed by atoms with van der Waals surface area (Å²) in [6.45, 7) is 7.49. The third-order valence-corrected chi connectivity index (χ3v) is 3.90. The van der Waals surface area contributed by atoms with Gasteiger partial charge in [0.05, 0.1) is 6.10 Å². The number of nitrogens with zero attached hydrogens (tertiary/aromatic N) is 1. The highest BCUT2D eigenvalue weighted by atomic mass is 35.5. The number of alkyl halides is 1. The number of carbonyl (C=O) groups is 1. The maximum Gasteiger partial charge on any atom is 0.240 e. The van der Waals surface area contributed by atoms with Crippen LogP contribution in [-0.2, 0) is 4.79 Å². The maximum absolute atomic E-state index is 12.0. The third-order valence-electron chi connectivity index (χ3n) is 3.41. The molecule has 17 heavy (non-hydrogen) atoms. The van der Waals surface area contributed by atoms with Gasteiger partial charge < -0.3 is 10.0 Å². The zero-order valence-corrected chi connectivity index (χ0v) is 11.8. The van der Waals surface area contributed by atoms with E-state index in [1.807, 2.05) is 11.8 Å². The summed E-state index contributed by atoms with van der Waals surface area (Å²) in [5, 5.41) is 9.53. The number of likely N-dealkylation sites (tertiary alicyclic amines) is 1. The Morgan fingerprint density at radius 1 is 1.53 bits per heavy atom. The molecule has 1 aliphatic heterocycles. The molecule has 1 fully saturated rings. The average molecular weight is 262 g/mol. The number of hydrogen-bond acceptors (Lipinski definition) is 2. The molecule has 0 aromatic heterocycles. The first kappa shape index (κ1) is 14.8. The fraction of sp³-hybridized carbons (Fsp3) is 0.923. The van der Waals surface area contributed by atoms with Gasteiger partial charge in [0.25, 0.3) is 0 Å². The van der Waals surface area contributed by atoms with Crippen molar-refractivity contribution in [2.24, 2.45) is 11.8 Å². The number of piperidine rings is 1. The van der Waals surface area contributed by atoms with Gasteiger partial charge in [-0.15, -0.1) is 11.6 Å². The van der Waals surface area contributed by atoms with Crippen LogP contribution in [0, 0.1) is 11.8 Å². The molecule has 1 heterocycles. The van der Waals surface area contributed by atoms with Crippen LogP contribution in [-0.4, -0.2) is 40.5 Å². The molecule has 0 unspecified atom stereocenters. The summed E-state index contributed by atoms with van der Waals surface area (Å²) >= 11 is 5.99. The van der Waals surface area contributed by atoms with Crippen LogP contribution in [0.2, 0.25) is 0 Å². The smallest absolute Gasteiger partial charge is 0.240 e. The second kappa shape index (κ2) is 6.60. The Bertz CT molecular complexity index is 258. The minimum atomic E-state index is -0.412. The Kier molecular flexibility index (Phi) is 5.74. The molecule has 3 atom stereocenters. The molecule has 0 radical (unpaired) electrons. The summed E-state index contributed by atoms with van der Waals surface area (Å²) in [7, 11) is 0. The molecule has 3 nitrogen and oxygen atoms in total. The van der Waals surface area contributed by atoms with E-state index in [-0.39, 0.29) is 17.9 Å². The van der Waals surface area contributed by atoms with Gasteiger partial charge in [0.1, 0.15) is 5.38 Å². The quantitative estimate of drug-likeness (QED) is 0.789. The highest BCUT2D eigenvalue weighted by Gasteiger charge is 2.32. The molecule has 1 N–H and O–H groups in total. The number of hydrogen-bond donors (Lipinski definition) is 1. The molecule has 0 aromatic rings. The second-order valence-corrected chi connectivity index (χ2v) is 5.93. The topological polar surface area (TPSA) is 40.5 Å². The monoisotopic (exact) mass is 261 g/mol. The summed E-state index contributed by atoms with van der Waals surface area (Å²) < 4.78 is 0. The molecule has 0 spiro atoms. The van der Waals surface area contributed by atoms with Crippen LogP contribution in [0.5, 0.6) is 0 Å². The molecule has 0 aromatic carbocycles. The largest absolute Gasteiger partial charge is 0.393 e. The predicted molar refractivity (Wildman–Crippen MR) is 70.1 cm³/mol. The molecule has 0 saturated carbocycles. The van der Waals surface area contributed by atoms with E-state index in [0.29, 0.717) is 31.8 Å². The molecule has 1 aliphatic rings. The number of aliphatic hydroxyl groups excluding tert-OH is 1. The Labute approximate surface area is 109 Å². The van der Waals surface area contributed by atoms with E-state index in [1.165, 1.54) is 0 Å². The van der Waals surface area contributed by atoms with E-state index in [2.05, 4.69) is 13.8 Å². The van der Waals surface area contributed by atoms with Gasteiger partial charge in [-0.05, 0) is 25.2 Å². The average Bonchev–Trinajstić information content (AvgIpc) is 2.29. The highest BCUT2D eigenvalue weighted by Crippen LogP contribution is 2.25. The first-order valence-electron chi connectivity index (χ1n) is 6.56. The number of halogens is 1. The van der Waals surface area contributed by atoms with E-state index in [0.717, 1.165) is 6.42 Å². The lowest BCUT2D eigenvalue weighted by molar-refractivity contribution is -0.134. The SMILES string of the molecule is CC[C@H](Cl)C(=O)N1CC[C@H](O)[C@@H](CC(C)C)C1. The normalized spacial score (nSPS) is 27.3. The van der Waals surface area contributed by atoms with Gasteiger partial charge >= 0.3 is 0 Å². The van der Waals surface area contributed by atoms with Crippen molar-refractivity contribution in [3.8, 4) is 0 Å². The predicted octanol–water partition coefficient (Wildman–Crippen LogP) is 2.26. The number of amides is 1. The fourth-order valence-corrected chi connectivity index (χ4v) is 2.57. The van der Waals surface area contributed by atoms with Gasteiger partial charge in [0, 0.05) is 19.0 Å². The molecule has 0 aliphatic carbocycles. The van der Waals surface area contributed by atoms with E-state index in [4.69, 9.17) is 11.6 Å². The summed E-state index contributed by atoms with van der Waals surface area (Å²) in [6.07, 6.45) is 2.03. The number of rotatable bonds is 4. The first-order chi connectivity index (χ1) is 7.95. The Morgan fingerprint density at radius 3 is 2.71 bits per heavy atom. The molecule has 4 heteroatoms. The lowest BCUT2D eigenvalue weighted by atomic mass is 9.87. The van der Waals surface area contributed by atoms with Crippen molar-refractivity contribution in [2.45, 2.75) is 51.5 Å². The van der Waals surface area contributed by atoms with Crippen LogP contribution in [0.15, 0.2) is 0 Å². The summed E-state index contributed by atoms with van der Waals surface area (Å²) in [4.78, 5) is 13.8. The lowest BCUT2D eigenvalue weighted by Gasteiger charge is -2.37. The van der Waals surface area contributed by atoms with Crippen molar-refractivity contribution < 1.29 is 9.90 Å². The summed E-state index contributed by atoms with van der Waals surface area (Å²) in [6, 6.07) is 0. The van der Waals surface area contributed by atoms with Crippen molar-refractivity contribution in [2.75, 3.05) is 13.1 Å². The van der Waals surface area contributed by atoms with Crippen molar-refractivity contribution in [1.82, 2.24) is 4.90 Å². The van der Waals surface area contributed by atoms with Crippen LogP contribution in [0.1, 0.15) is 40.0 Å². The van der Waals surface area contributed by atoms with E-state index in [1.54, 1.807) is 0 Å². The van der Waals surface area contributed by atoms with Crippen LogP contribution < -0.4 is 0 Å². The van der Waals surface area contributed by atoms with Gasteiger partial charge in [0.2, 0.25) is 5.91 Å². The van der Waals surface area contributed by atoms with E-state index >= 15 is 0 Å². The standard InChI is InChI=1S/C13H24ClNO2/c1-4-11(14)13(17)15-6-5-12(16)10(8-15)7-9(2)3/h9-12,16H,4-8H2,1-3H3/t10-,11-,12-/m0/s1. The van der Waals surface area contributed by atoms with Crippen LogP contribution in [0.4, 0.5) is 0 Å². The zero-order chi connectivity index (χ0) is 13.0. The Morgan fingerprint density at radius 2 is 2.18 bits per heavy atom. The molecular formula is C13H24ClNO2. The minimum absolute atomic E-state index is 0.0230. The van der Waals surface area contributed by atoms with Crippen LogP contribution >= 0.6 is 11.6 Å². The summed E-state index contributed by atoms with van der Waals surface area (Å²) in [5.41, 5.74) is 0.